The zero-order valence-electron chi connectivity index (χ0n) is 9.82. The van der Waals surface area contributed by atoms with E-state index in [1.807, 2.05) is 11.1 Å². The monoisotopic (exact) mass is 221 g/mol. The fraction of sp³-hybridized carbons (Fsp3) is 0.583. The molecule has 0 radical (unpaired) electrons. The molecule has 3 atom stereocenters. The number of hydrogen-bond acceptors (Lipinski definition) is 3. The van der Waals surface area contributed by atoms with Crippen molar-refractivity contribution >= 4 is 0 Å². The number of rotatable bonds is 3. The highest BCUT2D eigenvalue weighted by atomic mass is 16.3. The molecule has 3 unspecified atom stereocenters. The third-order valence-corrected chi connectivity index (χ3v) is 3.27. The minimum Gasteiger partial charge on any atom is -0.356 e. The van der Waals surface area contributed by atoms with E-state index in [9.17, 15) is 5.11 Å². The molecule has 4 heteroatoms. The second kappa shape index (κ2) is 4.70. The van der Waals surface area contributed by atoms with Crippen molar-refractivity contribution in [1.82, 2.24) is 14.5 Å². The van der Waals surface area contributed by atoms with Crippen LogP contribution in [0.3, 0.4) is 0 Å². The number of hydrogen-bond donors (Lipinski definition) is 1. The molecule has 2 heterocycles. The third-order valence-electron chi connectivity index (χ3n) is 3.27. The van der Waals surface area contributed by atoms with Gasteiger partial charge in [0.25, 0.3) is 0 Å². The molecule has 0 aliphatic carbocycles. The van der Waals surface area contributed by atoms with Crippen LogP contribution in [0, 0.1) is 5.92 Å². The maximum Gasteiger partial charge on any atom is 0.212 e. The van der Waals surface area contributed by atoms with Crippen molar-refractivity contribution in [2.24, 2.45) is 5.92 Å². The number of aromatic nitrogens is 2. The predicted molar refractivity (Wildman–Crippen MR) is 62.3 cm³/mol. The number of aliphatic hydroxyl groups excluding tert-OH is 1. The van der Waals surface area contributed by atoms with Crippen LogP contribution in [0.25, 0.3) is 0 Å². The average molecular weight is 221 g/mol. The summed E-state index contributed by atoms with van der Waals surface area (Å²) in [7, 11) is 0. The zero-order chi connectivity index (χ0) is 11.5. The Labute approximate surface area is 96.2 Å². The van der Waals surface area contributed by atoms with Crippen LogP contribution in [0.4, 0.5) is 0 Å². The highest BCUT2D eigenvalue weighted by Crippen LogP contribution is 2.26. The highest BCUT2D eigenvalue weighted by molar-refractivity contribution is 4.97. The summed E-state index contributed by atoms with van der Waals surface area (Å²) >= 11 is 0. The first kappa shape index (κ1) is 11.2. The van der Waals surface area contributed by atoms with Gasteiger partial charge < -0.3 is 10.0 Å². The summed E-state index contributed by atoms with van der Waals surface area (Å²) in [5.74, 6) is 0.640. The van der Waals surface area contributed by atoms with Gasteiger partial charge in [0.2, 0.25) is 6.35 Å². The van der Waals surface area contributed by atoms with Gasteiger partial charge in [0.1, 0.15) is 0 Å². The molecule has 1 aromatic rings. The molecule has 0 aromatic carbocycles. The lowest BCUT2D eigenvalue weighted by molar-refractivity contribution is -0.0522. The Morgan fingerprint density at radius 1 is 1.56 bits per heavy atom. The maximum absolute atomic E-state index is 10.2. The van der Waals surface area contributed by atoms with Gasteiger partial charge in [-0.05, 0) is 31.9 Å². The molecule has 1 aliphatic rings. The van der Waals surface area contributed by atoms with E-state index in [0.717, 1.165) is 12.8 Å². The van der Waals surface area contributed by atoms with E-state index in [0.29, 0.717) is 12.0 Å². The summed E-state index contributed by atoms with van der Waals surface area (Å²) < 4.78 is 1.70. The standard InChI is InChI=1S/C12H19N3O/c1-3-11-4-6-15(10(2)8-11)12(16)14-7-5-13-9-14/h4-7,9-12,16H,3,8H2,1-2H3. The molecule has 0 fully saturated rings. The topological polar surface area (TPSA) is 41.3 Å². The molecule has 4 nitrogen and oxygen atoms in total. The van der Waals surface area contributed by atoms with Crippen LogP contribution in [0.5, 0.6) is 0 Å². The summed E-state index contributed by atoms with van der Waals surface area (Å²) in [6.07, 6.45) is 10.9. The van der Waals surface area contributed by atoms with Gasteiger partial charge in [-0.3, -0.25) is 4.57 Å². The Morgan fingerprint density at radius 3 is 2.94 bits per heavy atom. The minimum atomic E-state index is -0.647. The maximum atomic E-state index is 10.2. The van der Waals surface area contributed by atoms with E-state index in [4.69, 9.17) is 0 Å². The van der Waals surface area contributed by atoms with E-state index in [1.165, 1.54) is 0 Å². The van der Waals surface area contributed by atoms with Crippen LogP contribution in [0.2, 0.25) is 0 Å². The molecule has 1 N–H and O–H groups in total. The number of nitrogens with zero attached hydrogens (tertiary/aromatic N) is 3. The molecule has 88 valence electrons. The average Bonchev–Trinajstić information content (AvgIpc) is 2.81. The number of aliphatic hydroxyl groups is 1. The van der Waals surface area contributed by atoms with Gasteiger partial charge in [-0.1, -0.05) is 13.0 Å². The second-order valence-electron chi connectivity index (χ2n) is 4.40. The van der Waals surface area contributed by atoms with Crippen LogP contribution in [-0.2, 0) is 0 Å². The zero-order valence-corrected chi connectivity index (χ0v) is 9.82. The smallest absolute Gasteiger partial charge is 0.212 e. The molecule has 0 amide bonds. The van der Waals surface area contributed by atoms with Gasteiger partial charge in [0.05, 0.1) is 6.33 Å². The Hall–Kier alpha value is -1.29. The Morgan fingerprint density at radius 2 is 2.38 bits per heavy atom. The van der Waals surface area contributed by atoms with Gasteiger partial charge >= 0.3 is 0 Å². The van der Waals surface area contributed by atoms with E-state index < -0.39 is 6.35 Å². The van der Waals surface area contributed by atoms with Crippen LogP contribution in [0.15, 0.2) is 31.0 Å². The van der Waals surface area contributed by atoms with Crippen LogP contribution in [-0.4, -0.2) is 25.6 Å². The molecular weight excluding hydrogens is 202 g/mol. The SMILES string of the molecule is CCC1C=CN(C(O)n2ccnc2)C(C)C1. The third kappa shape index (κ3) is 2.11. The normalized spacial score (nSPS) is 27.1. The lowest BCUT2D eigenvalue weighted by Gasteiger charge is -2.37. The van der Waals surface area contributed by atoms with Gasteiger partial charge in [0.15, 0.2) is 0 Å². The van der Waals surface area contributed by atoms with Crippen molar-refractivity contribution in [3.8, 4) is 0 Å². The Bertz CT molecular complexity index is 347. The molecule has 1 aliphatic heterocycles. The summed E-state index contributed by atoms with van der Waals surface area (Å²) in [5.41, 5.74) is 0. The molecule has 0 spiro atoms. The lowest BCUT2D eigenvalue weighted by Crippen LogP contribution is -2.38. The second-order valence-corrected chi connectivity index (χ2v) is 4.40. The molecule has 16 heavy (non-hydrogen) atoms. The fourth-order valence-corrected chi connectivity index (χ4v) is 2.17. The summed E-state index contributed by atoms with van der Waals surface area (Å²) in [6, 6.07) is 0.354. The van der Waals surface area contributed by atoms with E-state index in [1.54, 1.807) is 23.3 Å². The molecule has 2 rings (SSSR count). The van der Waals surface area contributed by atoms with Crippen molar-refractivity contribution < 1.29 is 5.11 Å². The predicted octanol–water partition coefficient (Wildman–Crippen LogP) is 1.97. The van der Waals surface area contributed by atoms with Crippen molar-refractivity contribution in [1.29, 1.82) is 0 Å². The number of imidazole rings is 1. The first-order chi connectivity index (χ1) is 7.72. The lowest BCUT2D eigenvalue weighted by atomic mass is 9.94. The molecule has 0 saturated heterocycles. The fourth-order valence-electron chi connectivity index (χ4n) is 2.17. The molecular formula is C12H19N3O. The largest absolute Gasteiger partial charge is 0.356 e. The van der Waals surface area contributed by atoms with Crippen molar-refractivity contribution in [2.75, 3.05) is 0 Å². The van der Waals surface area contributed by atoms with Gasteiger partial charge in [-0.2, -0.15) is 0 Å². The van der Waals surface area contributed by atoms with E-state index >= 15 is 0 Å². The Kier molecular flexibility index (Phi) is 3.29. The molecule has 0 bridgehead atoms. The van der Waals surface area contributed by atoms with Crippen molar-refractivity contribution in [3.05, 3.63) is 31.0 Å². The van der Waals surface area contributed by atoms with E-state index in [2.05, 4.69) is 24.9 Å². The van der Waals surface area contributed by atoms with Crippen molar-refractivity contribution in [2.45, 2.75) is 39.1 Å². The van der Waals surface area contributed by atoms with Gasteiger partial charge in [-0.25, -0.2) is 4.98 Å². The summed E-state index contributed by atoms with van der Waals surface area (Å²) in [6.45, 7) is 4.34. The van der Waals surface area contributed by atoms with Gasteiger partial charge in [-0.15, -0.1) is 0 Å². The first-order valence-electron chi connectivity index (χ1n) is 5.83. The minimum absolute atomic E-state index is 0.354. The van der Waals surface area contributed by atoms with E-state index in [-0.39, 0.29) is 0 Å². The Balaban J connectivity index is 2.10. The molecule has 1 aromatic heterocycles. The first-order valence-corrected chi connectivity index (χ1v) is 5.83. The summed E-state index contributed by atoms with van der Waals surface area (Å²) in [4.78, 5) is 5.91. The quantitative estimate of drug-likeness (QED) is 0.848. The molecule has 0 saturated carbocycles. The van der Waals surface area contributed by atoms with Gasteiger partial charge in [0, 0.05) is 18.4 Å². The van der Waals surface area contributed by atoms with Crippen LogP contribution >= 0.6 is 0 Å². The van der Waals surface area contributed by atoms with Crippen molar-refractivity contribution in [3.63, 3.8) is 0 Å². The van der Waals surface area contributed by atoms with Crippen LogP contribution < -0.4 is 0 Å². The van der Waals surface area contributed by atoms with Crippen LogP contribution in [0.1, 0.15) is 33.0 Å². The number of allylic oxidation sites excluding steroid dienone is 1. The summed E-state index contributed by atoms with van der Waals surface area (Å²) in [5, 5.41) is 10.2. The highest BCUT2D eigenvalue weighted by Gasteiger charge is 2.24.